The number of rotatable bonds is 7. The third-order valence-corrected chi connectivity index (χ3v) is 4.78. The van der Waals surface area contributed by atoms with Crippen LogP contribution in [-0.4, -0.2) is 25.4 Å². The second-order valence-electron chi connectivity index (χ2n) is 4.88. The summed E-state index contributed by atoms with van der Waals surface area (Å²) in [5.74, 6) is 1.53. The lowest BCUT2D eigenvalue weighted by Gasteiger charge is -2.16. The van der Waals surface area contributed by atoms with Gasteiger partial charge in [-0.2, -0.15) is 0 Å². The Morgan fingerprint density at radius 1 is 1.09 bits per heavy atom. The van der Waals surface area contributed by atoms with Gasteiger partial charge in [-0.15, -0.1) is 11.8 Å². The number of para-hydroxylation sites is 1. The van der Waals surface area contributed by atoms with Crippen molar-refractivity contribution in [3.8, 4) is 11.5 Å². The first kappa shape index (κ1) is 17.2. The van der Waals surface area contributed by atoms with Crippen LogP contribution in [0, 0.1) is 0 Å². The fourth-order valence-corrected chi connectivity index (χ4v) is 3.15. The molecule has 0 aliphatic rings. The van der Waals surface area contributed by atoms with E-state index in [2.05, 4.69) is 5.32 Å². The Bertz CT molecular complexity index is 643. The first-order chi connectivity index (χ1) is 11.2. The molecular weight excluding hydrogens is 310 g/mol. The average Bonchev–Trinajstić information content (AvgIpc) is 2.60. The van der Waals surface area contributed by atoms with Crippen molar-refractivity contribution in [2.75, 3.05) is 19.5 Å². The summed E-state index contributed by atoms with van der Waals surface area (Å²) in [5.41, 5.74) is 0.759. The molecule has 5 heteroatoms. The average molecular weight is 331 g/mol. The number of ether oxygens (including phenoxy) is 2. The number of amides is 1. The maximum absolute atomic E-state index is 12.5. The molecule has 122 valence electrons. The lowest BCUT2D eigenvalue weighted by atomic mass is 10.2. The van der Waals surface area contributed by atoms with E-state index < -0.39 is 0 Å². The highest BCUT2D eigenvalue weighted by atomic mass is 32.2. The van der Waals surface area contributed by atoms with Crippen LogP contribution >= 0.6 is 11.8 Å². The van der Waals surface area contributed by atoms with Crippen LogP contribution in [-0.2, 0) is 4.79 Å². The predicted octanol–water partition coefficient (Wildman–Crippen LogP) is 4.21. The summed E-state index contributed by atoms with van der Waals surface area (Å²) in [6.45, 7) is 2.00. The summed E-state index contributed by atoms with van der Waals surface area (Å²) in [4.78, 5) is 13.5. The number of methoxy groups -OCH3 is 2. The Morgan fingerprint density at radius 2 is 1.78 bits per heavy atom. The summed E-state index contributed by atoms with van der Waals surface area (Å²) >= 11 is 1.51. The molecule has 1 unspecified atom stereocenters. The second kappa shape index (κ2) is 8.48. The minimum absolute atomic E-state index is 0.0198. The number of hydrogen-bond acceptors (Lipinski definition) is 4. The predicted molar refractivity (Wildman–Crippen MR) is 94.6 cm³/mol. The van der Waals surface area contributed by atoms with E-state index in [1.165, 1.54) is 11.8 Å². The molecule has 0 aromatic heterocycles. The molecule has 2 rings (SSSR count). The fraction of sp³-hybridized carbons (Fsp3) is 0.278. The van der Waals surface area contributed by atoms with Crippen molar-refractivity contribution >= 4 is 23.4 Å². The highest BCUT2D eigenvalue weighted by Gasteiger charge is 2.19. The van der Waals surface area contributed by atoms with Gasteiger partial charge in [0, 0.05) is 5.69 Å². The van der Waals surface area contributed by atoms with Gasteiger partial charge < -0.3 is 14.8 Å². The molecule has 0 bridgehead atoms. The molecule has 1 N–H and O–H groups in total. The molecule has 0 saturated heterocycles. The van der Waals surface area contributed by atoms with Gasteiger partial charge in [-0.3, -0.25) is 4.79 Å². The van der Waals surface area contributed by atoms with Crippen molar-refractivity contribution in [3.63, 3.8) is 0 Å². The first-order valence-corrected chi connectivity index (χ1v) is 8.30. The second-order valence-corrected chi connectivity index (χ2v) is 6.13. The first-order valence-electron chi connectivity index (χ1n) is 7.42. The van der Waals surface area contributed by atoms with E-state index in [0.717, 1.165) is 28.5 Å². The number of carbonyl (C=O) groups is 1. The Morgan fingerprint density at radius 3 is 2.39 bits per heavy atom. The minimum Gasteiger partial charge on any atom is -0.497 e. The highest BCUT2D eigenvalue weighted by Crippen LogP contribution is 2.33. The van der Waals surface area contributed by atoms with Gasteiger partial charge in [-0.05, 0) is 42.8 Å². The summed E-state index contributed by atoms with van der Waals surface area (Å²) in [6.07, 6.45) is 0.727. The lowest BCUT2D eigenvalue weighted by Crippen LogP contribution is -2.24. The molecule has 1 atom stereocenters. The van der Waals surface area contributed by atoms with Gasteiger partial charge in [-0.1, -0.05) is 19.1 Å². The fourth-order valence-electron chi connectivity index (χ4n) is 2.09. The molecule has 0 saturated carbocycles. The van der Waals surface area contributed by atoms with Gasteiger partial charge >= 0.3 is 0 Å². The molecule has 2 aromatic rings. The largest absolute Gasteiger partial charge is 0.497 e. The third-order valence-electron chi connectivity index (χ3n) is 3.36. The molecule has 23 heavy (non-hydrogen) atoms. The van der Waals surface area contributed by atoms with Crippen LogP contribution in [0.15, 0.2) is 53.4 Å². The lowest BCUT2D eigenvalue weighted by molar-refractivity contribution is -0.115. The molecule has 0 aliphatic carbocycles. The van der Waals surface area contributed by atoms with Crippen molar-refractivity contribution in [2.24, 2.45) is 0 Å². The Labute approximate surface area is 141 Å². The maximum Gasteiger partial charge on any atom is 0.237 e. The Kier molecular flexibility index (Phi) is 6.35. The molecular formula is C18H21NO3S. The van der Waals surface area contributed by atoms with Gasteiger partial charge in [0.1, 0.15) is 11.5 Å². The zero-order chi connectivity index (χ0) is 16.7. The van der Waals surface area contributed by atoms with Crippen LogP contribution in [0.4, 0.5) is 5.69 Å². The zero-order valence-corrected chi connectivity index (χ0v) is 14.4. The minimum atomic E-state index is -0.187. The van der Waals surface area contributed by atoms with E-state index >= 15 is 0 Å². The standard InChI is InChI=1S/C18H21NO3S/c1-4-16(23-17-8-6-5-7-15(17)22-3)18(20)19-13-9-11-14(21-2)12-10-13/h5-12,16H,4H2,1-3H3,(H,19,20). The van der Waals surface area contributed by atoms with Crippen molar-refractivity contribution in [1.82, 2.24) is 0 Å². The van der Waals surface area contributed by atoms with Crippen molar-refractivity contribution in [2.45, 2.75) is 23.5 Å². The SMILES string of the molecule is CCC(Sc1ccccc1OC)C(=O)Nc1ccc(OC)cc1. The smallest absolute Gasteiger partial charge is 0.237 e. The normalized spacial score (nSPS) is 11.6. The summed E-state index contributed by atoms with van der Waals surface area (Å²) in [6, 6.07) is 15.0. The number of hydrogen-bond donors (Lipinski definition) is 1. The van der Waals surface area contributed by atoms with E-state index in [9.17, 15) is 4.79 Å². The molecule has 0 aliphatic heterocycles. The monoisotopic (exact) mass is 331 g/mol. The van der Waals surface area contributed by atoms with Crippen LogP contribution in [0.5, 0.6) is 11.5 Å². The van der Waals surface area contributed by atoms with Crippen molar-refractivity contribution in [3.05, 3.63) is 48.5 Å². The van der Waals surface area contributed by atoms with E-state index in [4.69, 9.17) is 9.47 Å². The number of nitrogens with one attached hydrogen (secondary N) is 1. The van der Waals surface area contributed by atoms with Crippen molar-refractivity contribution < 1.29 is 14.3 Å². The summed E-state index contributed by atoms with van der Waals surface area (Å²) in [5, 5.41) is 2.76. The van der Waals surface area contributed by atoms with E-state index in [1.807, 2.05) is 55.5 Å². The highest BCUT2D eigenvalue weighted by molar-refractivity contribution is 8.00. The number of benzene rings is 2. The number of thioether (sulfide) groups is 1. The van der Waals surface area contributed by atoms with E-state index in [1.54, 1.807) is 14.2 Å². The molecule has 0 spiro atoms. The zero-order valence-electron chi connectivity index (χ0n) is 13.5. The molecule has 2 aromatic carbocycles. The van der Waals surface area contributed by atoms with E-state index in [-0.39, 0.29) is 11.2 Å². The molecule has 0 fully saturated rings. The van der Waals surface area contributed by atoms with Crippen molar-refractivity contribution in [1.29, 1.82) is 0 Å². The van der Waals surface area contributed by atoms with Crippen LogP contribution in [0.25, 0.3) is 0 Å². The topological polar surface area (TPSA) is 47.6 Å². The molecule has 1 amide bonds. The van der Waals surface area contributed by atoms with E-state index in [0.29, 0.717) is 0 Å². The van der Waals surface area contributed by atoms with Gasteiger partial charge in [-0.25, -0.2) is 0 Å². The van der Waals surface area contributed by atoms with Crippen LogP contribution in [0.2, 0.25) is 0 Å². The summed E-state index contributed by atoms with van der Waals surface area (Å²) < 4.78 is 10.5. The van der Waals surface area contributed by atoms with Crippen LogP contribution < -0.4 is 14.8 Å². The van der Waals surface area contributed by atoms with Gasteiger partial charge in [0.2, 0.25) is 5.91 Å². The third kappa shape index (κ3) is 4.66. The number of carbonyl (C=O) groups excluding carboxylic acids is 1. The summed E-state index contributed by atoms with van der Waals surface area (Å²) in [7, 11) is 3.25. The quantitative estimate of drug-likeness (QED) is 0.772. The van der Waals surface area contributed by atoms with Gasteiger partial charge in [0.05, 0.1) is 24.4 Å². The van der Waals surface area contributed by atoms with Gasteiger partial charge in [0.25, 0.3) is 0 Å². The maximum atomic E-state index is 12.5. The van der Waals surface area contributed by atoms with Crippen LogP contribution in [0.1, 0.15) is 13.3 Å². The van der Waals surface area contributed by atoms with Gasteiger partial charge in [0.15, 0.2) is 0 Å². The molecule has 0 radical (unpaired) electrons. The Balaban J connectivity index is 2.05. The molecule has 0 heterocycles. The molecule has 4 nitrogen and oxygen atoms in total. The Hall–Kier alpha value is -2.14. The van der Waals surface area contributed by atoms with Crippen LogP contribution in [0.3, 0.4) is 0 Å². The number of anilines is 1.